The summed E-state index contributed by atoms with van der Waals surface area (Å²) in [4.78, 5) is 4.25. The average molecular weight is 209 g/mol. The van der Waals surface area contributed by atoms with Crippen molar-refractivity contribution in [1.82, 2.24) is 10.6 Å². The molecule has 0 radical (unpaired) electrons. The van der Waals surface area contributed by atoms with E-state index in [1.807, 2.05) is 7.05 Å². The van der Waals surface area contributed by atoms with Crippen molar-refractivity contribution in [2.45, 2.75) is 51.5 Å². The first-order valence-electron chi connectivity index (χ1n) is 6.25. The number of guanidine groups is 1. The van der Waals surface area contributed by atoms with Gasteiger partial charge < -0.3 is 10.6 Å². The first-order chi connectivity index (χ1) is 7.28. The van der Waals surface area contributed by atoms with Crippen molar-refractivity contribution in [3.63, 3.8) is 0 Å². The van der Waals surface area contributed by atoms with E-state index in [9.17, 15) is 0 Å². The molecule has 0 atom stereocenters. The average Bonchev–Trinajstić information content (AvgIpc) is 3.09. The van der Waals surface area contributed by atoms with Crippen LogP contribution in [0, 0.1) is 5.41 Å². The molecule has 2 rings (SSSR count). The number of rotatable bonds is 5. The zero-order chi connectivity index (χ0) is 10.7. The van der Waals surface area contributed by atoms with E-state index < -0.39 is 0 Å². The van der Waals surface area contributed by atoms with E-state index in [4.69, 9.17) is 0 Å². The molecule has 0 aromatic carbocycles. The predicted molar refractivity (Wildman–Crippen MR) is 64.1 cm³/mol. The molecule has 0 aromatic rings. The lowest BCUT2D eigenvalue weighted by Crippen LogP contribution is -2.41. The van der Waals surface area contributed by atoms with E-state index >= 15 is 0 Å². The normalized spacial score (nSPS) is 23.7. The quantitative estimate of drug-likeness (QED) is 0.536. The summed E-state index contributed by atoms with van der Waals surface area (Å²) in [6, 6.07) is 0.692. The summed E-state index contributed by atoms with van der Waals surface area (Å²) >= 11 is 0. The van der Waals surface area contributed by atoms with Gasteiger partial charge in [-0.05, 0) is 37.5 Å². The predicted octanol–water partition coefficient (Wildman–Crippen LogP) is 1.89. The summed E-state index contributed by atoms with van der Waals surface area (Å²) < 4.78 is 0. The van der Waals surface area contributed by atoms with Crippen LogP contribution in [0.2, 0.25) is 0 Å². The van der Waals surface area contributed by atoms with Crippen LogP contribution >= 0.6 is 0 Å². The van der Waals surface area contributed by atoms with Crippen LogP contribution in [-0.2, 0) is 0 Å². The summed E-state index contributed by atoms with van der Waals surface area (Å²) in [5.74, 6) is 1.000. The van der Waals surface area contributed by atoms with Gasteiger partial charge >= 0.3 is 0 Å². The van der Waals surface area contributed by atoms with Crippen molar-refractivity contribution in [3.05, 3.63) is 0 Å². The Balaban J connectivity index is 1.70. The molecule has 2 N–H and O–H groups in total. The van der Waals surface area contributed by atoms with Crippen LogP contribution in [0.1, 0.15) is 45.4 Å². The number of nitrogens with zero attached hydrogens (tertiary/aromatic N) is 1. The summed E-state index contributed by atoms with van der Waals surface area (Å²) in [5, 5.41) is 6.89. The molecule has 86 valence electrons. The van der Waals surface area contributed by atoms with E-state index in [1.165, 1.54) is 38.5 Å². The van der Waals surface area contributed by atoms with Crippen molar-refractivity contribution in [2.75, 3.05) is 13.6 Å². The molecule has 0 aromatic heterocycles. The number of hydrogen-bond donors (Lipinski definition) is 2. The maximum Gasteiger partial charge on any atom is 0.191 e. The van der Waals surface area contributed by atoms with Gasteiger partial charge in [0.25, 0.3) is 0 Å². The first kappa shape index (κ1) is 10.8. The van der Waals surface area contributed by atoms with Crippen LogP contribution in [0.5, 0.6) is 0 Å². The number of aliphatic imine (C=N–C) groups is 1. The lowest BCUT2D eigenvalue weighted by Gasteiger charge is -2.17. The number of nitrogens with one attached hydrogen (secondary N) is 2. The SMILES string of the molecule is CCCC1(CNC(=NC)NC2CC2)CC1. The van der Waals surface area contributed by atoms with Gasteiger partial charge in [-0.2, -0.15) is 0 Å². The minimum absolute atomic E-state index is 0.607. The highest BCUT2D eigenvalue weighted by Crippen LogP contribution is 2.48. The highest BCUT2D eigenvalue weighted by molar-refractivity contribution is 5.80. The summed E-state index contributed by atoms with van der Waals surface area (Å²) in [6.45, 7) is 3.38. The van der Waals surface area contributed by atoms with Crippen molar-refractivity contribution in [3.8, 4) is 0 Å². The summed E-state index contributed by atoms with van der Waals surface area (Å²) in [5.41, 5.74) is 0.607. The molecule has 2 saturated carbocycles. The van der Waals surface area contributed by atoms with E-state index in [-0.39, 0.29) is 0 Å². The van der Waals surface area contributed by atoms with E-state index in [1.54, 1.807) is 0 Å². The second-order valence-electron chi connectivity index (χ2n) is 5.09. The molecular formula is C12H23N3. The molecule has 2 aliphatic carbocycles. The van der Waals surface area contributed by atoms with Crippen LogP contribution in [0.15, 0.2) is 4.99 Å². The van der Waals surface area contributed by atoms with Gasteiger partial charge in [0.1, 0.15) is 0 Å². The van der Waals surface area contributed by atoms with Gasteiger partial charge in [-0.15, -0.1) is 0 Å². The second-order valence-corrected chi connectivity index (χ2v) is 5.09. The number of hydrogen-bond acceptors (Lipinski definition) is 1. The van der Waals surface area contributed by atoms with Gasteiger partial charge in [0.2, 0.25) is 0 Å². The Kier molecular flexibility index (Phi) is 3.17. The van der Waals surface area contributed by atoms with E-state index in [0.29, 0.717) is 11.5 Å². The molecule has 0 spiro atoms. The van der Waals surface area contributed by atoms with Crippen molar-refractivity contribution in [1.29, 1.82) is 0 Å². The molecule has 0 aliphatic heterocycles. The van der Waals surface area contributed by atoms with Gasteiger partial charge in [0.15, 0.2) is 5.96 Å². The van der Waals surface area contributed by atoms with Crippen LogP contribution in [0.3, 0.4) is 0 Å². The van der Waals surface area contributed by atoms with E-state index in [2.05, 4.69) is 22.5 Å². The van der Waals surface area contributed by atoms with Gasteiger partial charge in [0, 0.05) is 19.6 Å². The largest absolute Gasteiger partial charge is 0.356 e. The third-order valence-electron chi connectivity index (χ3n) is 3.51. The fourth-order valence-electron chi connectivity index (χ4n) is 2.11. The molecule has 0 saturated heterocycles. The van der Waals surface area contributed by atoms with Crippen molar-refractivity contribution < 1.29 is 0 Å². The van der Waals surface area contributed by atoms with Crippen LogP contribution in [-0.4, -0.2) is 25.6 Å². The molecule has 15 heavy (non-hydrogen) atoms. The summed E-state index contributed by atoms with van der Waals surface area (Å²) in [7, 11) is 1.86. The van der Waals surface area contributed by atoms with Crippen LogP contribution < -0.4 is 10.6 Å². The lowest BCUT2D eigenvalue weighted by molar-refractivity contribution is 0.450. The maximum absolute atomic E-state index is 4.25. The van der Waals surface area contributed by atoms with Crippen molar-refractivity contribution >= 4 is 5.96 Å². The Morgan fingerprint density at radius 2 is 2.13 bits per heavy atom. The fraction of sp³-hybridized carbons (Fsp3) is 0.917. The Morgan fingerprint density at radius 3 is 2.60 bits per heavy atom. The Bertz CT molecular complexity index is 239. The smallest absolute Gasteiger partial charge is 0.191 e. The molecule has 3 nitrogen and oxygen atoms in total. The topological polar surface area (TPSA) is 36.4 Å². The molecule has 0 amide bonds. The lowest BCUT2D eigenvalue weighted by atomic mass is 10.0. The third kappa shape index (κ3) is 3.11. The van der Waals surface area contributed by atoms with Gasteiger partial charge in [-0.25, -0.2) is 0 Å². The second kappa shape index (κ2) is 4.42. The Labute approximate surface area is 92.7 Å². The van der Waals surface area contributed by atoms with Crippen LogP contribution in [0.25, 0.3) is 0 Å². The Hall–Kier alpha value is -0.730. The van der Waals surface area contributed by atoms with E-state index in [0.717, 1.165) is 12.5 Å². The zero-order valence-corrected chi connectivity index (χ0v) is 9.97. The molecule has 3 heteroatoms. The fourth-order valence-corrected chi connectivity index (χ4v) is 2.11. The molecule has 2 fully saturated rings. The van der Waals surface area contributed by atoms with Gasteiger partial charge in [-0.3, -0.25) is 4.99 Å². The maximum atomic E-state index is 4.25. The van der Waals surface area contributed by atoms with Gasteiger partial charge in [0.05, 0.1) is 0 Å². The van der Waals surface area contributed by atoms with Crippen molar-refractivity contribution in [2.24, 2.45) is 10.4 Å². The highest BCUT2D eigenvalue weighted by Gasteiger charge is 2.41. The zero-order valence-electron chi connectivity index (χ0n) is 9.97. The van der Waals surface area contributed by atoms with Gasteiger partial charge in [-0.1, -0.05) is 13.3 Å². The summed E-state index contributed by atoms with van der Waals surface area (Å²) in [6.07, 6.45) is 8.07. The molecule has 0 unspecified atom stereocenters. The molecule has 0 bridgehead atoms. The first-order valence-corrected chi connectivity index (χ1v) is 6.25. The minimum atomic E-state index is 0.607. The monoisotopic (exact) mass is 209 g/mol. The standard InChI is InChI=1S/C12H23N3/c1-3-6-12(7-8-12)9-14-11(13-2)15-10-4-5-10/h10H,3-9H2,1-2H3,(H2,13,14,15). The Morgan fingerprint density at radius 1 is 1.40 bits per heavy atom. The molecular weight excluding hydrogens is 186 g/mol. The van der Waals surface area contributed by atoms with Crippen LogP contribution in [0.4, 0.5) is 0 Å². The minimum Gasteiger partial charge on any atom is -0.356 e. The molecule has 0 heterocycles. The highest BCUT2D eigenvalue weighted by atomic mass is 15.2. The molecule has 2 aliphatic rings. The third-order valence-corrected chi connectivity index (χ3v) is 3.51.